The second kappa shape index (κ2) is 7.67. The van der Waals surface area contributed by atoms with Gasteiger partial charge in [-0.25, -0.2) is 0 Å². The quantitative estimate of drug-likeness (QED) is 0.845. The van der Waals surface area contributed by atoms with E-state index in [1.54, 1.807) is 0 Å². The minimum absolute atomic E-state index is 0.00891. The lowest BCUT2D eigenvalue weighted by molar-refractivity contribution is -0.137. The van der Waals surface area contributed by atoms with Crippen LogP contribution in [0.3, 0.4) is 0 Å². The van der Waals surface area contributed by atoms with Gasteiger partial charge in [-0.2, -0.15) is 13.2 Å². The molecule has 136 valence electrons. The van der Waals surface area contributed by atoms with Crippen LogP contribution in [0.15, 0.2) is 24.3 Å². The highest BCUT2D eigenvalue weighted by molar-refractivity contribution is 5.89. The number of alkyl halides is 3. The highest BCUT2D eigenvalue weighted by Crippen LogP contribution is 2.29. The number of carbonyl (C=O) groups is 3. The Morgan fingerprint density at radius 1 is 1.32 bits per heavy atom. The van der Waals surface area contributed by atoms with Crippen LogP contribution in [-0.2, 0) is 27.0 Å². The molecule has 1 aromatic carbocycles. The second-order valence-electron chi connectivity index (χ2n) is 6.22. The van der Waals surface area contributed by atoms with Gasteiger partial charge in [0.1, 0.15) is 11.8 Å². The first-order valence-corrected chi connectivity index (χ1v) is 7.93. The van der Waals surface area contributed by atoms with E-state index in [0.717, 1.165) is 12.1 Å². The number of hydrogen-bond donors (Lipinski definition) is 2. The van der Waals surface area contributed by atoms with Crippen molar-refractivity contribution in [3.8, 4) is 0 Å². The molecule has 1 saturated carbocycles. The van der Waals surface area contributed by atoms with Gasteiger partial charge in [-0.15, -0.1) is 0 Å². The van der Waals surface area contributed by atoms with Crippen LogP contribution in [0.4, 0.5) is 13.2 Å². The number of nitrogens with one attached hydrogen (secondary N) is 1. The van der Waals surface area contributed by atoms with E-state index in [2.05, 4.69) is 5.32 Å². The van der Waals surface area contributed by atoms with Crippen LogP contribution in [-0.4, -0.2) is 23.6 Å². The van der Waals surface area contributed by atoms with E-state index in [4.69, 9.17) is 5.73 Å². The summed E-state index contributed by atoms with van der Waals surface area (Å²) < 4.78 is 38.1. The molecular weight excluding hydrogens is 337 g/mol. The molecule has 0 bridgehead atoms. The maximum Gasteiger partial charge on any atom is 0.416 e. The monoisotopic (exact) mass is 356 g/mol. The predicted octanol–water partition coefficient (Wildman–Crippen LogP) is 1.98. The molecule has 2 rings (SSSR count). The highest BCUT2D eigenvalue weighted by Gasteiger charge is 2.33. The Labute approximate surface area is 142 Å². The summed E-state index contributed by atoms with van der Waals surface area (Å²) in [5.74, 6) is -1.72. The first kappa shape index (κ1) is 19.0. The van der Waals surface area contributed by atoms with Crippen LogP contribution < -0.4 is 11.1 Å². The number of halogens is 3. The number of hydrogen-bond acceptors (Lipinski definition) is 3. The summed E-state index contributed by atoms with van der Waals surface area (Å²) >= 11 is 0. The molecule has 25 heavy (non-hydrogen) atoms. The third kappa shape index (κ3) is 5.30. The molecule has 5 nitrogen and oxygen atoms in total. The standard InChI is InChI=1S/C17H19F3N2O3/c18-17(19,20)12-5-1-3-10(7-12)8-14(24)22-15(16(21)25)11-4-2-6-13(23)9-11/h1,3,5,7,11,15H,2,4,6,8-9H2,(H2,21,25)(H,22,24)/t11-,15-/m0/s1. The van der Waals surface area contributed by atoms with Crippen LogP contribution in [0.2, 0.25) is 0 Å². The van der Waals surface area contributed by atoms with Crippen LogP contribution >= 0.6 is 0 Å². The average molecular weight is 356 g/mol. The van der Waals surface area contributed by atoms with Crippen molar-refractivity contribution in [2.75, 3.05) is 0 Å². The normalized spacial score (nSPS) is 19.3. The smallest absolute Gasteiger partial charge is 0.368 e. The molecule has 3 N–H and O–H groups in total. The number of benzene rings is 1. The zero-order valence-corrected chi connectivity index (χ0v) is 13.4. The first-order chi connectivity index (χ1) is 11.7. The van der Waals surface area contributed by atoms with E-state index in [1.165, 1.54) is 12.1 Å². The zero-order chi connectivity index (χ0) is 18.6. The number of carbonyl (C=O) groups excluding carboxylic acids is 3. The van der Waals surface area contributed by atoms with Gasteiger partial charge in [0.2, 0.25) is 11.8 Å². The van der Waals surface area contributed by atoms with Crippen molar-refractivity contribution in [2.45, 2.75) is 44.3 Å². The molecule has 1 aliphatic carbocycles. The summed E-state index contributed by atoms with van der Waals surface area (Å²) in [5.41, 5.74) is 4.65. The van der Waals surface area contributed by atoms with E-state index in [-0.39, 0.29) is 30.1 Å². The number of Topliss-reactive ketones (excluding diaryl/α,β-unsaturated/α-hetero) is 1. The van der Waals surface area contributed by atoms with Crippen molar-refractivity contribution in [1.82, 2.24) is 5.32 Å². The Morgan fingerprint density at radius 2 is 2.04 bits per heavy atom. The summed E-state index contributed by atoms with van der Waals surface area (Å²) in [7, 11) is 0. The fourth-order valence-corrected chi connectivity index (χ4v) is 3.03. The molecule has 1 aliphatic rings. The van der Waals surface area contributed by atoms with Gasteiger partial charge >= 0.3 is 6.18 Å². The predicted molar refractivity (Wildman–Crippen MR) is 83.2 cm³/mol. The van der Waals surface area contributed by atoms with Crippen molar-refractivity contribution in [3.05, 3.63) is 35.4 Å². The van der Waals surface area contributed by atoms with Crippen molar-refractivity contribution in [1.29, 1.82) is 0 Å². The first-order valence-electron chi connectivity index (χ1n) is 7.93. The number of rotatable bonds is 5. The van der Waals surface area contributed by atoms with Crippen molar-refractivity contribution >= 4 is 17.6 Å². The molecule has 0 aromatic heterocycles. The van der Waals surface area contributed by atoms with Gasteiger partial charge in [0.25, 0.3) is 0 Å². The number of amides is 2. The molecule has 0 spiro atoms. The molecule has 0 aliphatic heterocycles. The molecule has 0 unspecified atom stereocenters. The topological polar surface area (TPSA) is 89.3 Å². The van der Waals surface area contributed by atoms with E-state index in [0.29, 0.717) is 19.3 Å². The van der Waals surface area contributed by atoms with Crippen LogP contribution in [0.5, 0.6) is 0 Å². The Balaban J connectivity index is 2.04. The third-order valence-corrected chi connectivity index (χ3v) is 4.23. The Morgan fingerprint density at radius 3 is 2.64 bits per heavy atom. The SMILES string of the molecule is NC(=O)[C@@H](NC(=O)Cc1cccc(C(F)(F)F)c1)[C@H]1CCCC(=O)C1. The largest absolute Gasteiger partial charge is 0.416 e. The van der Waals surface area contributed by atoms with Crippen LogP contribution in [0.25, 0.3) is 0 Å². The molecule has 0 saturated heterocycles. The van der Waals surface area contributed by atoms with Gasteiger partial charge in [0, 0.05) is 12.8 Å². The van der Waals surface area contributed by atoms with Gasteiger partial charge in [0.05, 0.1) is 12.0 Å². The summed E-state index contributed by atoms with van der Waals surface area (Å²) in [6, 6.07) is 3.43. The molecule has 1 fully saturated rings. The molecule has 2 amide bonds. The summed E-state index contributed by atoms with van der Waals surface area (Å²) in [6.45, 7) is 0. The lowest BCUT2D eigenvalue weighted by atomic mass is 9.82. The summed E-state index contributed by atoms with van der Waals surface area (Å²) in [4.78, 5) is 35.3. The minimum atomic E-state index is -4.50. The van der Waals surface area contributed by atoms with Crippen molar-refractivity contribution < 1.29 is 27.6 Å². The summed E-state index contributed by atoms with van der Waals surface area (Å²) in [6.07, 6.45) is -2.99. The molecule has 2 atom stereocenters. The second-order valence-corrected chi connectivity index (χ2v) is 6.22. The minimum Gasteiger partial charge on any atom is -0.368 e. The van der Waals surface area contributed by atoms with Crippen LogP contribution in [0.1, 0.15) is 36.8 Å². The molecule has 1 aromatic rings. The molecular formula is C17H19F3N2O3. The molecule has 8 heteroatoms. The maximum absolute atomic E-state index is 12.7. The van der Waals surface area contributed by atoms with E-state index >= 15 is 0 Å². The van der Waals surface area contributed by atoms with Gasteiger partial charge in [0.15, 0.2) is 0 Å². The Bertz CT molecular complexity index is 673. The maximum atomic E-state index is 12.7. The lowest BCUT2D eigenvalue weighted by Crippen LogP contribution is -2.50. The number of nitrogens with two attached hydrogens (primary N) is 1. The zero-order valence-electron chi connectivity index (χ0n) is 13.4. The molecule has 0 radical (unpaired) electrons. The fourth-order valence-electron chi connectivity index (χ4n) is 3.03. The van der Waals surface area contributed by atoms with Crippen molar-refractivity contribution in [2.24, 2.45) is 11.7 Å². The highest BCUT2D eigenvalue weighted by atomic mass is 19.4. The third-order valence-electron chi connectivity index (χ3n) is 4.23. The average Bonchev–Trinajstić information content (AvgIpc) is 2.51. The summed E-state index contributed by atoms with van der Waals surface area (Å²) in [5, 5.41) is 2.47. The van der Waals surface area contributed by atoms with Gasteiger partial charge in [-0.05, 0) is 30.4 Å². The van der Waals surface area contributed by atoms with Gasteiger partial charge < -0.3 is 11.1 Å². The van der Waals surface area contributed by atoms with E-state index in [9.17, 15) is 27.6 Å². The van der Waals surface area contributed by atoms with E-state index < -0.39 is 29.6 Å². The Kier molecular flexibility index (Phi) is 5.81. The number of ketones is 1. The fraction of sp³-hybridized carbons (Fsp3) is 0.471. The Hall–Kier alpha value is -2.38. The van der Waals surface area contributed by atoms with E-state index in [1.807, 2.05) is 0 Å². The van der Waals surface area contributed by atoms with Gasteiger partial charge in [-0.3, -0.25) is 14.4 Å². The van der Waals surface area contributed by atoms with Crippen LogP contribution in [0, 0.1) is 5.92 Å². The molecule has 0 heterocycles. The van der Waals surface area contributed by atoms with Crippen molar-refractivity contribution in [3.63, 3.8) is 0 Å². The number of primary amides is 1. The lowest BCUT2D eigenvalue weighted by Gasteiger charge is -2.28. The van der Waals surface area contributed by atoms with Gasteiger partial charge in [-0.1, -0.05) is 18.2 Å².